The van der Waals surface area contributed by atoms with Crippen LogP contribution in [0.3, 0.4) is 0 Å². The molecule has 0 saturated carbocycles. The molecule has 1 aromatic heterocycles. The van der Waals surface area contributed by atoms with Gasteiger partial charge in [0.1, 0.15) is 5.69 Å². The van der Waals surface area contributed by atoms with Gasteiger partial charge in [0.25, 0.3) is 5.69 Å². The van der Waals surface area contributed by atoms with Crippen molar-refractivity contribution in [3.8, 4) is 0 Å². The third-order valence-electron chi connectivity index (χ3n) is 4.76. The number of nitro groups is 1. The maximum absolute atomic E-state index is 11.1. The number of rotatable bonds is 6. The summed E-state index contributed by atoms with van der Waals surface area (Å²) in [5.41, 5.74) is 2.48. The second kappa shape index (κ2) is 7.61. The van der Waals surface area contributed by atoms with Crippen LogP contribution in [0.5, 0.6) is 0 Å². The molecule has 0 fully saturated rings. The van der Waals surface area contributed by atoms with Gasteiger partial charge in [-0.2, -0.15) is 0 Å². The Bertz CT molecular complexity index is 1170. The molecule has 28 heavy (non-hydrogen) atoms. The zero-order valence-corrected chi connectivity index (χ0v) is 16.5. The molecule has 142 valence electrons. The van der Waals surface area contributed by atoms with Crippen molar-refractivity contribution in [2.24, 2.45) is 0 Å². The molecule has 4 aromatic rings. The molecule has 0 saturated heterocycles. The van der Waals surface area contributed by atoms with E-state index in [-0.39, 0.29) is 12.2 Å². The molecule has 0 spiro atoms. The molecule has 0 aliphatic carbocycles. The largest absolute Gasteiger partial charge is 0.389 e. The molecule has 1 heterocycles. The Labute approximate surface area is 169 Å². The number of anilines is 1. The van der Waals surface area contributed by atoms with Gasteiger partial charge in [-0.05, 0) is 30.3 Å². The van der Waals surface area contributed by atoms with E-state index in [4.69, 9.17) is 0 Å². The Morgan fingerprint density at radius 2 is 1.75 bits per heavy atom. The van der Waals surface area contributed by atoms with Crippen molar-refractivity contribution in [3.05, 3.63) is 81.3 Å². The molecule has 3 aromatic carbocycles. The highest BCUT2D eigenvalue weighted by Gasteiger charge is 2.16. The predicted molar refractivity (Wildman–Crippen MR) is 115 cm³/mol. The number of aliphatic hydroxyl groups is 1. The van der Waals surface area contributed by atoms with Gasteiger partial charge in [-0.1, -0.05) is 46.3 Å². The van der Waals surface area contributed by atoms with Crippen molar-refractivity contribution in [1.82, 2.24) is 4.57 Å². The molecule has 6 nitrogen and oxygen atoms in total. The summed E-state index contributed by atoms with van der Waals surface area (Å²) in [7, 11) is 0. The second-order valence-corrected chi connectivity index (χ2v) is 7.51. The van der Waals surface area contributed by atoms with Crippen LogP contribution in [0.1, 0.15) is 0 Å². The van der Waals surface area contributed by atoms with Gasteiger partial charge in [-0.15, -0.1) is 0 Å². The average Bonchev–Trinajstić information content (AvgIpc) is 3.00. The van der Waals surface area contributed by atoms with Crippen LogP contribution in [0.4, 0.5) is 11.4 Å². The quantitative estimate of drug-likeness (QED) is 0.329. The first-order valence-corrected chi connectivity index (χ1v) is 9.66. The van der Waals surface area contributed by atoms with E-state index in [0.29, 0.717) is 12.2 Å². The molecule has 1 unspecified atom stereocenters. The summed E-state index contributed by atoms with van der Waals surface area (Å²) >= 11 is 3.52. The SMILES string of the molecule is O=[N+]([O-])c1ccccc1NCC(O)Cn1c2ccccc2c2cc(Br)ccc21. The first-order valence-electron chi connectivity index (χ1n) is 8.86. The van der Waals surface area contributed by atoms with Crippen LogP contribution in [-0.4, -0.2) is 27.2 Å². The molecule has 0 aliphatic rings. The maximum Gasteiger partial charge on any atom is 0.292 e. The Balaban J connectivity index is 1.60. The fourth-order valence-electron chi connectivity index (χ4n) is 3.51. The number of fused-ring (bicyclic) bond motifs is 3. The summed E-state index contributed by atoms with van der Waals surface area (Å²) in [6.45, 7) is 0.578. The zero-order chi connectivity index (χ0) is 19.7. The Hall–Kier alpha value is -2.90. The number of nitrogens with one attached hydrogen (secondary N) is 1. The highest BCUT2D eigenvalue weighted by atomic mass is 79.9. The monoisotopic (exact) mass is 439 g/mol. The summed E-state index contributed by atoms with van der Waals surface area (Å²) in [5, 5.41) is 27.0. The summed E-state index contributed by atoms with van der Waals surface area (Å²) in [4.78, 5) is 10.7. The van der Waals surface area contributed by atoms with Gasteiger partial charge in [-0.25, -0.2) is 0 Å². The molecular weight excluding hydrogens is 422 g/mol. The van der Waals surface area contributed by atoms with E-state index in [1.165, 1.54) is 6.07 Å². The van der Waals surface area contributed by atoms with E-state index in [2.05, 4.69) is 37.9 Å². The van der Waals surface area contributed by atoms with Gasteiger partial charge in [-0.3, -0.25) is 10.1 Å². The first kappa shape index (κ1) is 18.5. The molecule has 7 heteroatoms. The Kier molecular flexibility index (Phi) is 5.02. The van der Waals surface area contributed by atoms with Crippen LogP contribution >= 0.6 is 15.9 Å². The lowest BCUT2D eigenvalue weighted by Gasteiger charge is -2.15. The van der Waals surface area contributed by atoms with Crippen LogP contribution in [0, 0.1) is 10.1 Å². The van der Waals surface area contributed by atoms with Crippen LogP contribution in [0.15, 0.2) is 71.2 Å². The van der Waals surface area contributed by atoms with Crippen LogP contribution in [0.25, 0.3) is 21.8 Å². The molecule has 0 aliphatic heterocycles. The number of hydrogen-bond donors (Lipinski definition) is 2. The number of halogens is 1. The number of benzene rings is 3. The highest BCUT2D eigenvalue weighted by Crippen LogP contribution is 2.31. The molecule has 0 bridgehead atoms. The molecule has 1 atom stereocenters. The average molecular weight is 440 g/mol. The first-order chi connectivity index (χ1) is 13.5. The molecular formula is C21H18BrN3O3. The van der Waals surface area contributed by atoms with Crippen molar-refractivity contribution in [3.63, 3.8) is 0 Å². The number of para-hydroxylation sites is 3. The van der Waals surface area contributed by atoms with Gasteiger partial charge >= 0.3 is 0 Å². The highest BCUT2D eigenvalue weighted by molar-refractivity contribution is 9.10. The fourth-order valence-corrected chi connectivity index (χ4v) is 3.87. The van der Waals surface area contributed by atoms with Crippen LogP contribution in [-0.2, 0) is 6.54 Å². The topological polar surface area (TPSA) is 80.3 Å². The van der Waals surface area contributed by atoms with Crippen molar-refractivity contribution >= 4 is 49.1 Å². The third-order valence-corrected chi connectivity index (χ3v) is 5.25. The van der Waals surface area contributed by atoms with Gasteiger partial charge in [0.05, 0.1) is 17.6 Å². The van der Waals surface area contributed by atoms with E-state index < -0.39 is 11.0 Å². The fraction of sp³-hybridized carbons (Fsp3) is 0.143. The van der Waals surface area contributed by atoms with Crippen molar-refractivity contribution in [1.29, 1.82) is 0 Å². The summed E-state index contributed by atoms with van der Waals surface area (Å²) < 4.78 is 3.09. The normalized spacial score (nSPS) is 12.4. The van der Waals surface area contributed by atoms with Crippen LogP contribution in [0.2, 0.25) is 0 Å². The molecule has 4 rings (SSSR count). The van der Waals surface area contributed by atoms with E-state index in [0.717, 1.165) is 26.3 Å². The summed E-state index contributed by atoms with van der Waals surface area (Å²) in [5.74, 6) is 0. The van der Waals surface area contributed by atoms with Gasteiger partial charge in [0, 0.05) is 38.9 Å². The minimum Gasteiger partial charge on any atom is -0.389 e. The molecule has 2 N–H and O–H groups in total. The third kappa shape index (κ3) is 3.46. The maximum atomic E-state index is 11.1. The van der Waals surface area contributed by atoms with Crippen molar-refractivity contribution in [2.75, 3.05) is 11.9 Å². The van der Waals surface area contributed by atoms with Crippen molar-refractivity contribution < 1.29 is 10.0 Å². The summed E-state index contributed by atoms with van der Waals surface area (Å²) in [6, 6.07) is 20.6. The summed E-state index contributed by atoms with van der Waals surface area (Å²) in [6.07, 6.45) is -0.720. The van der Waals surface area contributed by atoms with Crippen LogP contribution < -0.4 is 5.32 Å². The lowest BCUT2D eigenvalue weighted by atomic mass is 10.2. The number of aromatic nitrogens is 1. The van der Waals surface area contributed by atoms with E-state index in [1.54, 1.807) is 18.2 Å². The lowest BCUT2D eigenvalue weighted by molar-refractivity contribution is -0.384. The van der Waals surface area contributed by atoms with Gasteiger partial charge < -0.3 is 15.0 Å². The number of nitrogens with zero attached hydrogens (tertiary/aromatic N) is 2. The Morgan fingerprint density at radius 3 is 2.57 bits per heavy atom. The lowest BCUT2D eigenvalue weighted by Crippen LogP contribution is -2.25. The van der Waals surface area contributed by atoms with Gasteiger partial charge in [0.15, 0.2) is 0 Å². The van der Waals surface area contributed by atoms with E-state index in [9.17, 15) is 15.2 Å². The molecule has 0 radical (unpaired) electrons. The van der Waals surface area contributed by atoms with E-state index >= 15 is 0 Å². The van der Waals surface area contributed by atoms with Crippen molar-refractivity contribution in [2.45, 2.75) is 12.6 Å². The minimum absolute atomic E-state index is 0.00332. The Morgan fingerprint density at radius 1 is 1.04 bits per heavy atom. The predicted octanol–water partition coefficient (Wildman–Crippen LogP) is 4.94. The smallest absolute Gasteiger partial charge is 0.292 e. The van der Waals surface area contributed by atoms with Gasteiger partial charge in [0.2, 0.25) is 0 Å². The molecule has 0 amide bonds. The number of hydrogen-bond acceptors (Lipinski definition) is 4. The number of nitro benzene ring substituents is 1. The van der Waals surface area contributed by atoms with E-state index in [1.807, 2.05) is 30.3 Å². The second-order valence-electron chi connectivity index (χ2n) is 6.60. The zero-order valence-electron chi connectivity index (χ0n) is 14.9. The minimum atomic E-state index is -0.720. The standard InChI is InChI=1S/C21H18BrN3O3/c22-14-9-10-20-17(11-14)16-5-1-3-7-19(16)24(20)13-15(26)12-23-18-6-2-4-8-21(18)25(27)28/h1-11,15,23,26H,12-13H2. The number of aliphatic hydroxyl groups excluding tert-OH is 1.